The maximum atomic E-state index is 12.9. The molecule has 0 radical (unpaired) electrons. The van der Waals surface area contributed by atoms with E-state index in [0.29, 0.717) is 18.5 Å². The molecule has 5 heteroatoms. The van der Waals surface area contributed by atoms with Crippen molar-refractivity contribution in [3.05, 3.63) is 29.6 Å². The van der Waals surface area contributed by atoms with Crippen molar-refractivity contribution in [2.75, 3.05) is 5.32 Å². The van der Waals surface area contributed by atoms with Crippen LogP contribution in [0.1, 0.15) is 23.2 Å². The Morgan fingerprint density at radius 3 is 2.69 bits per heavy atom. The van der Waals surface area contributed by atoms with Crippen molar-refractivity contribution in [3.63, 3.8) is 0 Å². The van der Waals surface area contributed by atoms with Gasteiger partial charge in [0.25, 0.3) is 0 Å². The molecule has 1 aromatic carbocycles. The van der Waals surface area contributed by atoms with Crippen LogP contribution in [0.3, 0.4) is 0 Å². The molecule has 0 bridgehead atoms. The van der Waals surface area contributed by atoms with Crippen molar-refractivity contribution in [2.24, 2.45) is 0 Å². The summed E-state index contributed by atoms with van der Waals surface area (Å²) in [5.74, 6) is -1.74. The number of carbonyl (C=O) groups is 1. The van der Waals surface area contributed by atoms with E-state index in [1.165, 1.54) is 12.1 Å². The number of benzene rings is 1. The predicted octanol–water partition coefficient (Wildman–Crippen LogP) is 1.46. The highest BCUT2D eigenvalue weighted by Gasteiger charge is 2.27. The number of hydrogen-bond acceptors (Lipinski definition) is 3. The first-order valence-electron chi connectivity index (χ1n) is 5.03. The van der Waals surface area contributed by atoms with Crippen molar-refractivity contribution in [2.45, 2.75) is 25.0 Å². The summed E-state index contributed by atoms with van der Waals surface area (Å²) in [7, 11) is 0. The van der Waals surface area contributed by atoms with Gasteiger partial charge in [0.15, 0.2) is 0 Å². The number of aliphatic hydroxyl groups excluding tert-OH is 1. The van der Waals surface area contributed by atoms with E-state index in [1.54, 1.807) is 0 Å². The van der Waals surface area contributed by atoms with Crippen molar-refractivity contribution < 1.29 is 19.4 Å². The standard InChI is InChI=1S/C11H12FNO3/c12-6-1-2-10(9(3-6)11(15)16)13-7-4-8(14)5-7/h1-3,7-8,13-14H,4-5H2,(H,15,16). The molecule has 0 amide bonds. The Hall–Kier alpha value is -1.62. The molecule has 1 aromatic rings. The third-order valence-electron chi connectivity index (χ3n) is 2.68. The van der Waals surface area contributed by atoms with E-state index in [0.717, 1.165) is 6.07 Å². The number of rotatable bonds is 3. The van der Waals surface area contributed by atoms with Crippen LogP contribution in [-0.2, 0) is 0 Å². The number of hydrogen-bond donors (Lipinski definition) is 3. The molecule has 3 N–H and O–H groups in total. The third-order valence-corrected chi connectivity index (χ3v) is 2.68. The first-order chi connectivity index (χ1) is 7.56. The molecule has 0 aliphatic heterocycles. The Balaban J connectivity index is 2.16. The molecule has 1 saturated carbocycles. The zero-order valence-electron chi connectivity index (χ0n) is 8.48. The maximum absolute atomic E-state index is 12.9. The van der Waals surface area contributed by atoms with Gasteiger partial charge in [-0.15, -0.1) is 0 Å². The van der Waals surface area contributed by atoms with Crippen LogP contribution >= 0.6 is 0 Å². The minimum Gasteiger partial charge on any atom is -0.478 e. The number of halogens is 1. The van der Waals surface area contributed by atoms with Crippen LogP contribution in [0.2, 0.25) is 0 Å². The summed E-state index contributed by atoms with van der Waals surface area (Å²) >= 11 is 0. The highest BCUT2D eigenvalue weighted by atomic mass is 19.1. The molecule has 0 saturated heterocycles. The molecule has 16 heavy (non-hydrogen) atoms. The van der Waals surface area contributed by atoms with E-state index in [2.05, 4.69) is 5.32 Å². The largest absolute Gasteiger partial charge is 0.478 e. The smallest absolute Gasteiger partial charge is 0.337 e. The molecule has 0 aromatic heterocycles. The average Bonchev–Trinajstić information content (AvgIpc) is 2.17. The second-order valence-corrected chi connectivity index (χ2v) is 3.96. The van der Waals surface area contributed by atoms with Crippen LogP contribution in [0.15, 0.2) is 18.2 Å². The number of carboxylic acids is 1. The summed E-state index contributed by atoms with van der Waals surface area (Å²) in [6.45, 7) is 0. The Kier molecular flexibility index (Phi) is 2.78. The fourth-order valence-corrected chi connectivity index (χ4v) is 1.74. The Labute approximate surface area is 91.7 Å². The fraction of sp³-hybridized carbons (Fsp3) is 0.364. The summed E-state index contributed by atoms with van der Waals surface area (Å²) in [5.41, 5.74) is 0.312. The molecule has 0 unspecified atom stereocenters. The number of nitrogens with one attached hydrogen (secondary N) is 1. The lowest BCUT2D eigenvalue weighted by atomic mass is 9.89. The van der Waals surface area contributed by atoms with Crippen LogP contribution in [0.4, 0.5) is 10.1 Å². The molecule has 1 aliphatic rings. The van der Waals surface area contributed by atoms with Crippen LogP contribution in [0, 0.1) is 5.82 Å². The first kappa shape index (κ1) is 10.9. The zero-order chi connectivity index (χ0) is 11.7. The quantitative estimate of drug-likeness (QED) is 0.728. The molecular weight excluding hydrogens is 213 g/mol. The van der Waals surface area contributed by atoms with Gasteiger partial charge in [0.05, 0.1) is 11.7 Å². The summed E-state index contributed by atoms with van der Waals surface area (Å²) in [6.07, 6.45) is 0.874. The van der Waals surface area contributed by atoms with Gasteiger partial charge in [-0.25, -0.2) is 9.18 Å². The van der Waals surface area contributed by atoms with E-state index < -0.39 is 11.8 Å². The Morgan fingerprint density at radius 2 is 2.12 bits per heavy atom. The molecule has 2 rings (SSSR count). The molecule has 0 heterocycles. The van der Waals surface area contributed by atoms with E-state index in [4.69, 9.17) is 10.2 Å². The molecule has 4 nitrogen and oxygen atoms in total. The minimum atomic E-state index is -1.16. The SMILES string of the molecule is O=C(O)c1cc(F)ccc1NC1CC(O)C1. The second kappa shape index (κ2) is 4.09. The van der Waals surface area contributed by atoms with Crippen molar-refractivity contribution in [1.29, 1.82) is 0 Å². The van der Waals surface area contributed by atoms with Crippen molar-refractivity contribution in [1.82, 2.24) is 0 Å². The van der Waals surface area contributed by atoms with Gasteiger partial charge in [-0.05, 0) is 31.0 Å². The highest BCUT2D eigenvalue weighted by Crippen LogP contribution is 2.26. The Morgan fingerprint density at radius 1 is 1.44 bits per heavy atom. The summed E-state index contributed by atoms with van der Waals surface area (Å²) < 4.78 is 12.9. The molecular formula is C11H12FNO3. The molecule has 0 atom stereocenters. The summed E-state index contributed by atoms with van der Waals surface area (Å²) in [5, 5.41) is 21.0. The van der Waals surface area contributed by atoms with Crippen LogP contribution < -0.4 is 5.32 Å². The normalized spacial score (nSPS) is 23.6. The van der Waals surface area contributed by atoms with E-state index in [9.17, 15) is 9.18 Å². The second-order valence-electron chi connectivity index (χ2n) is 3.96. The number of anilines is 1. The summed E-state index contributed by atoms with van der Waals surface area (Å²) in [4.78, 5) is 10.9. The lowest BCUT2D eigenvalue weighted by molar-refractivity contribution is 0.0697. The molecule has 1 fully saturated rings. The topological polar surface area (TPSA) is 69.6 Å². The van der Waals surface area contributed by atoms with Crippen LogP contribution in [0.25, 0.3) is 0 Å². The van der Waals surface area contributed by atoms with Gasteiger partial charge in [0.2, 0.25) is 0 Å². The van der Waals surface area contributed by atoms with Crippen molar-refractivity contribution >= 4 is 11.7 Å². The van der Waals surface area contributed by atoms with Gasteiger partial charge in [-0.1, -0.05) is 0 Å². The lowest BCUT2D eigenvalue weighted by Gasteiger charge is -2.33. The Bertz CT molecular complexity index is 416. The fourth-order valence-electron chi connectivity index (χ4n) is 1.74. The van der Waals surface area contributed by atoms with Crippen LogP contribution in [-0.4, -0.2) is 28.3 Å². The number of carboxylic acid groups (broad SMARTS) is 1. The number of aliphatic hydroxyl groups is 1. The first-order valence-corrected chi connectivity index (χ1v) is 5.03. The van der Waals surface area contributed by atoms with E-state index in [-0.39, 0.29) is 17.7 Å². The van der Waals surface area contributed by atoms with E-state index >= 15 is 0 Å². The average molecular weight is 225 g/mol. The number of aromatic carboxylic acids is 1. The van der Waals surface area contributed by atoms with Gasteiger partial charge in [-0.3, -0.25) is 0 Å². The van der Waals surface area contributed by atoms with Gasteiger partial charge in [-0.2, -0.15) is 0 Å². The van der Waals surface area contributed by atoms with Gasteiger partial charge < -0.3 is 15.5 Å². The highest BCUT2D eigenvalue weighted by molar-refractivity contribution is 5.94. The zero-order valence-corrected chi connectivity index (χ0v) is 8.48. The van der Waals surface area contributed by atoms with E-state index in [1.807, 2.05) is 0 Å². The third kappa shape index (κ3) is 2.14. The van der Waals surface area contributed by atoms with Gasteiger partial charge >= 0.3 is 5.97 Å². The maximum Gasteiger partial charge on any atom is 0.337 e. The molecule has 86 valence electrons. The summed E-state index contributed by atoms with van der Waals surface area (Å²) in [6, 6.07) is 3.67. The molecule has 0 spiro atoms. The molecule has 1 aliphatic carbocycles. The van der Waals surface area contributed by atoms with Gasteiger partial charge in [0, 0.05) is 11.7 Å². The van der Waals surface area contributed by atoms with Crippen LogP contribution in [0.5, 0.6) is 0 Å². The van der Waals surface area contributed by atoms with Gasteiger partial charge in [0.1, 0.15) is 5.82 Å². The van der Waals surface area contributed by atoms with Crippen molar-refractivity contribution in [3.8, 4) is 0 Å². The monoisotopic (exact) mass is 225 g/mol. The minimum absolute atomic E-state index is 0.0681. The predicted molar refractivity (Wildman–Crippen MR) is 56.0 cm³/mol. The lowest BCUT2D eigenvalue weighted by Crippen LogP contribution is -2.39.